The van der Waals surface area contributed by atoms with Gasteiger partial charge in [0.25, 0.3) is 0 Å². The van der Waals surface area contributed by atoms with Gasteiger partial charge >= 0.3 is 0 Å². The summed E-state index contributed by atoms with van der Waals surface area (Å²) >= 11 is 3.11. The van der Waals surface area contributed by atoms with E-state index < -0.39 is 17.7 Å². The molecule has 0 saturated heterocycles. The molecule has 3 rings (SSSR count). The molecule has 1 aliphatic rings. The van der Waals surface area contributed by atoms with Crippen LogP contribution in [0.5, 0.6) is 5.75 Å². The first kappa shape index (κ1) is 21.3. The molecule has 5 heteroatoms. The van der Waals surface area contributed by atoms with Crippen LogP contribution in [-0.2, 0) is 12.8 Å². The van der Waals surface area contributed by atoms with Gasteiger partial charge in [-0.25, -0.2) is 4.39 Å². The fourth-order valence-electron chi connectivity index (χ4n) is 4.14. The van der Waals surface area contributed by atoms with Crippen molar-refractivity contribution in [2.24, 2.45) is 11.3 Å². The van der Waals surface area contributed by atoms with Crippen molar-refractivity contribution in [1.82, 2.24) is 0 Å². The molecule has 2 aromatic rings. The zero-order valence-corrected chi connectivity index (χ0v) is 17.9. The lowest BCUT2D eigenvalue weighted by Gasteiger charge is -2.29. The molecule has 0 saturated carbocycles. The Bertz CT molecular complexity index is 797. The molecule has 0 aliphatic heterocycles. The van der Waals surface area contributed by atoms with Crippen LogP contribution in [0.25, 0.3) is 0 Å². The molecule has 1 aliphatic carbocycles. The Morgan fingerprint density at radius 3 is 2.46 bits per heavy atom. The molecule has 1 N–H and O–H groups in total. The second kappa shape index (κ2) is 8.91. The highest BCUT2D eigenvalue weighted by Gasteiger charge is 2.28. The number of hydrogen-bond donors (Lipinski definition) is 1. The van der Waals surface area contributed by atoms with E-state index in [0.717, 1.165) is 31.7 Å². The summed E-state index contributed by atoms with van der Waals surface area (Å²) in [5, 5.41) is 10.3. The van der Waals surface area contributed by atoms with Crippen LogP contribution >= 0.6 is 15.9 Å². The van der Waals surface area contributed by atoms with E-state index >= 15 is 0 Å². The number of benzene rings is 2. The zero-order valence-electron chi connectivity index (χ0n) is 16.4. The lowest BCUT2D eigenvalue weighted by Crippen LogP contribution is -2.23. The van der Waals surface area contributed by atoms with Gasteiger partial charge in [0.15, 0.2) is 11.6 Å². The first-order valence-corrected chi connectivity index (χ1v) is 10.5. The third-order valence-corrected chi connectivity index (χ3v) is 5.98. The largest absolute Gasteiger partial charge is 0.488 e. The van der Waals surface area contributed by atoms with E-state index in [1.54, 1.807) is 0 Å². The predicted molar refractivity (Wildman–Crippen MR) is 111 cm³/mol. The Balaban J connectivity index is 1.45. The minimum Gasteiger partial charge on any atom is -0.488 e. The van der Waals surface area contributed by atoms with Crippen LogP contribution in [0.15, 0.2) is 40.9 Å². The average Bonchev–Trinajstić information content (AvgIpc) is 3.03. The van der Waals surface area contributed by atoms with Crippen LogP contribution in [0.2, 0.25) is 0 Å². The third-order valence-electron chi connectivity index (χ3n) is 5.52. The van der Waals surface area contributed by atoms with Gasteiger partial charge in [-0.05, 0) is 66.7 Å². The molecular weight excluding hydrogens is 426 g/mol. The topological polar surface area (TPSA) is 29.5 Å². The second-order valence-electron chi connectivity index (χ2n) is 8.61. The normalized spacial score (nSPS) is 15.5. The summed E-state index contributed by atoms with van der Waals surface area (Å²) in [5.41, 5.74) is 3.01. The van der Waals surface area contributed by atoms with E-state index in [1.165, 1.54) is 17.2 Å². The van der Waals surface area contributed by atoms with E-state index in [2.05, 4.69) is 54.0 Å². The van der Waals surface area contributed by atoms with Crippen molar-refractivity contribution < 1.29 is 18.6 Å². The molecule has 0 bridgehead atoms. The highest BCUT2D eigenvalue weighted by molar-refractivity contribution is 9.10. The molecule has 152 valence electrons. The van der Waals surface area contributed by atoms with Crippen molar-refractivity contribution in [3.8, 4) is 5.75 Å². The Morgan fingerprint density at radius 2 is 1.82 bits per heavy atom. The lowest BCUT2D eigenvalue weighted by atomic mass is 9.78. The summed E-state index contributed by atoms with van der Waals surface area (Å²) in [5.74, 6) is -1.55. The summed E-state index contributed by atoms with van der Waals surface area (Å²) in [4.78, 5) is 0. The van der Waals surface area contributed by atoms with Crippen molar-refractivity contribution in [3.05, 3.63) is 63.6 Å². The standard InChI is InChI=1S/C23H27BrF2O2/c1-23(2,13-15-9-16-5-3-4-6-17(16)10-15)8-7-19(27)14-28-21-12-18(24)11-20(25)22(21)26/h3-6,11-12,15,19,27H,7-10,13-14H2,1-2H3/t19-/m1/s1. The molecule has 0 heterocycles. The highest BCUT2D eigenvalue weighted by atomic mass is 79.9. The zero-order chi connectivity index (χ0) is 20.3. The maximum absolute atomic E-state index is 13.7. The number of halogens is 3. The SMILES string of the molecule is CC(C)(CC[C@@H](O)COc1cc(Br)cc(F)c1F)CC1Cc2ccccc2C1. The first-order valence-electron chi connectivity index (χ1n) is 9.76. The fourth-order valence-corrected chi connectivity index (χ4v) is 4.55. The van der Waals surface area contributed by atoms with Gasteiger partial charge in [0.1, 0.15) is 6.61 Å². The number of ether oxygens (including phenoxy) is 1. The molecule has 1 atom stereocenters. The molecule has 28 heavy (non-hydrogen) atoms. The van der Waals surface area contributed by atoms with Gasteiger partial charge in [0, 0.05) is 4.47 Å². The van der Waals surface area contributed by atoms with Gasteiger partial charge in [-0.1, -0.05) is 54.0 Å². The summed E-state index contributed by atoms with van der Waals surface area (Å²) in [6.07, 6.45) is 4.03. The van der Waals surface area contributed by atoms with E-state index in [9.17, 15) is 13.9 Å². The van der Waals surface area contributed by atoms with Crippen LogP contribution in [0.3, 0.4) is 0 Å². The molecule has 0 amide bonds. The van der Waals surface area contributed by atoms with Gasteiger partial charge in [0.05, 0.1) is 6.10 Å². The monoisotopic (exact) mass is 452 g/mol. The van der Waals surface area contributed by atoms with E-state index in [0.29, 0.717) is 16.8 Å². The highest BCUT2D eigenvalue weighted by Crippen LogP contribution is 2.38. The number of fused-ring (bicyclic) bond motifs is 1. The van der Waals surface area contributed by atoms with Gasteiger partial charge in [0.2, 0.25) is 5.82 Å². The average molecular weight is 453 g/mol. The van der Waals surface area contributed by atoms with Crippen molar-refractivity contribution in [2.75, 3.05) is 6.61 Å². The molecule has 0 spiro atoms. The van der Waals surface area contributed by atoms with Crippen LogP contribution in [-0.4, -0.2) is 17.8 Å². The maximum Gasteiger partial charge on any atom is 0.200 e. The van der Waals surface area contributed by atoms with Crippen LogP contribution in [0.4, 0.5) is 8.78 Å². The molecule has 0 unspecified atom stereocenters. The Hall–Kier alpha value is -1.46. The smallest absolute Gasteiger partial charge is 0.200 e. The van der Waals surface area contributed by atoms with Gasteiger partial charge < -0.3 is 9.84 Å². The number of hydrogen-bond acceptors (Lipinski definition) is 2. The lowest BCUT2D eigenvalue weighted by molar-refractivity contribution is 0.0814. The van der Waals surface area contributed by atoms with Crippen molar-refractivity contribution in [2.45, 2.75) is 52.1 Å². The van der Waals surface area contributed by atoms with Crippen molar-refractivity contribution >= 4 is 15.9 Å². The molecule has 0 aromatic heterocycles. The molecule has 0 radical (unpaired) electrons. The Kier molecular flexibility index (Phi) is 6.77. The number of aliphatic hydroxyl groups is 1. The number of aliphatic hydroxyl groups excluding tert-OH is 1. The summed E-state index contributed by atoms with van der Waals surface area (Å²) in [7, 11) is 0. The molecule has 0 fully saturated rings. The quantitative estimate of drug-likeness (QED) is 0.491. The third kappa shape index (κ3) is 5.54. The van der Waals surface area contributed by atoms with E-state index in [4.69, 9.17) is 4.74 Å². The minimum absolute atomic E-state index is 0.0578. The van der Waals surface area contributed by atoms with Crippen LogP contribution in [0, 0.1) is 23.0 Å². The minimum atomic E-state index is -1.03. The fraction of sp³-hybridized carbons (Fsp3) is 0.478. The Labute approximate surface area is 174 Å². The van der Waals surface area contributed by atoms with E-state index in [-0.39, 0.29) is 17.8 Å². The molecule has 2 nitrogen and oxygen atoms in total. The molecular formula is C23H27BrF2O2. The second-order valence-corrected chi connectivity index (χ2v) is 9.53. The van der Waals surface area contributed by atoms with Gasteiger partial charge in [-0.3, -0.25) is 0 Å². The number of rotatable bonds is 8. The van der Waals surface area contributed by atoms with Crippen LogP contribution < -0.4 is 4.74 Å². The summed E-state index contributed by atoms with van der Waals surface area (Å²) in [6.45, 7) is 4.40. The summed E-state index contributed by atoms with van der Waals surface area (Å²) < 4.78 is 32.9. The summed E-state index contributed by atoms with van der Waals surface area (Å²) in [6, 6.07) is 11.0. The van der Waals surface area contributed by atoms with Gasteiger partial charge in [-0.15, -0.1) is 0 Å². The Morgan fingerprint density at radius 1 is 1.18 bits per heavy atom. The van der Waals surface area contributed by atoms with Crippen molar-refractivity contribution in [1.29, 1.82) is 0 Å². The van der Waals surface area contributed by atoms with Crippen molar-refractivity contribution in [3.63, 3.8) is 0 Å². The maximum atomic E-state index is 13.7. The molecule has 2 aromatic carbocycles. The van der Waals surface area contributed by atoms with Gasteiger partial charge in [-0.2, -0.15) is 4.39 Å². The first-order chi connectivity index (χ1) is 13.2. The predicted octanol–water partition coefficient (Wildman–Crippen LogP) is 6.08. The van der Waals surface area contributed by atoms with Crippen LogP contribution in [0.1, 0.15) is 44.2 Å². The van der Waals surface area contributed by atoms with E-state index in [1.807, 2.05) is 0 Å².